The fourth-order valence-electron chi connectivity index (χ4n) is 3.49. The maximum Gasteiger partial charge on any atom is 0.258 e. The molecule has 5 nitrogen and oxygen atoms in total. The van der Waals surface area contributed by atoms with E-state index in [-0.39, 0.29) is 5.91 Å². The highest BCUT2D eigenvalue weighted by molar-refractivity contribution is 6.02. The maximum absolute atomic E-state index is 13.2. The molecule has 144 valence electrons. The molecule has 0 aliphatic carbocycles. The summed E-state index contributed by atoms with van der Waals surface area (Å²) in [5, 5.41) is 3.58. The first-order valence-corrected chi connectivity index (χ1v) is 9.60. The number of amides is 1. The predicted octanol–water partition coefficient (Wildman–Crippen LogP) is 4.25. The van der Waals surface area contributed by atoms with Crippen LogP contribution in [0.15, 0.2) is 48.5 Å². The Morgan fingerprint density at radius 2 is 1.89 bits per heavy atom. The van der Waals surface area contributed by atoms with E-state index in [1.54, 1.807) is 0 Å². The second kappa shape index (κ2) is 8.44. The second-order valence-corrected chi connectivity index (χ2v) is 6.77. The summed E-state index contributed by atoms with van der Waals surface area (Å²) in [6.07, 6.45) is 0.885. The Bertz CT molecular complexity index is 793. The van der Waals surface area contributed by atoms with Gasteiger partial charge in [-0.15, -0.1) is 0 Å². The first-order chi connectivity index (χ1) is 13.1. The molecule has 0 saturated heterocycles. The number of para-hydroxylation sites is 1. The van der Waals surface area contributed by atoms with E-state index in [4.69, 9.17) is 9.47 Å². The van der Waals surface area contributed by atoms with Gasteiger partial charge in [0, 0.05) is 24.4 Å². The number of carbonyl (C=O) groups is 1. The van der Waals surface area contributed by atoms with E-state index in [0.717, 1.165) is 23.4 Å². The Hall–Kier alpha value is -2.53. The topological polar surface area (TPSA) is 50.8 Å². The molecule has 1 atom stereocenters. The lowest BCUT2D eigenvalue weighted by atomic mass is 9.93. The van der Waals surface area contributed by atoms with E-state index in [1.165, 1.54) is 0 Å². The molecule has 1 aliphatic heterocycles. The zero-order chi connectivity index (χ0) is 19.3. The Morgan fingerprint density at radius 1 is 1.07 bits per heavy atom. The number of nitrogens with one attached hydrogen (secondary N) is 1. The monoisotopic (exact) mass is 368 g/mol. The van der Waals surface area contributed by atoms with E-state index in [9.17, 15) is 4.79 Å². The van der Waals surface area contributed by atoms with Crippen LogP contribution in [0.5, 0.6) is 5.75 Å². The molecule has 27 heavy (non-hydrogen) atoms. The molecule has 2 aromatic rings. The highest BCUT2D eigenvalue weighted by Crippen LogP contribution is 2.38. The number of fused-ring (bicyclic) bond motifs is 1. The van der Waals surface area contributed by atoms with Gasteiger partial charge in [-0.2, -0.15) is 0 Å². The summed E-state index contributed by atoms with van der Waals surface area (Å²) in [6, 6.07) is 15.6. The molecule has 0 fully saturated rings. The molecule has 0 radical (unpaired) electrons. The summed E-state index contributed by atoms with van der Waals surface area (Å²) in [5.74, 6) is 0.828. The molecule has 1 N–H and O–H groups in total. The quantitative estimate of drug-likeness (QED) is 0.708. The number of hydrogen-bond donors (Lipinski definition) is 1. The first kappa shape index (κ1) is 19.2. The van der Waals surface area contributed by atoms with Crippen molar-refractivity contribution >= 4 is 11.6 Å². The van der Waals surface area contributed by atoms with E-state index in [2.05, 4.69) is 19.2 Å². The van der Waals surface area contributed by atoms with Crippen molar-refractivity contribution in [1.82, 2.24) is 4.90 Å². The smallest absolute Gasteiger partial charge is 0.258 e. The van der Waals surface area contributed by atoms with Crippen LogP contribution in [0.2, 0.25) is 0 Å². The van der Waals surface area contributed by atoms with Gasteiger partial charge in [0.05, 0.1) is 12.2 Å². The Morgan fingerprint density at radius 3 is 2.67 bits per heavy atom. The summed E-state index contributed by atoms with van der Waals surface area (Å²) in [5.41, 5.74) is 1.93. The molecule has 1 amide bonds. The summed E-state index contributed by atoms with van der Waals surface area (Å²) in [6.45, 7) is 8.52. The van der Waals surface area contributed by atoms with Crippen molar-refractivity contribution in [3.05, 3.63) is 59.7 Å². The summed E-state index contributed by atoms with van der Waals surface area (Å²) in [4.78, 5) is 15.1. The number of ether oxygens (including phenoxy) is 2. The SMILES string of the molecule is CCCN1C(=O)c2ccccc2NC1(C)c1cccc(OCCOCC)c1. The average Bonchev–Trinajstić information content (AvgIpc) is 2.69. The van der Waals surface area contributed by atoms with Gasteiger partial charge in [0.2, 0.25) is 0 Å². The number of hydrogen-bond acceptors (Lipinski definition) is 4. The zero-order valence-corrected chi connectivity index (χ0v) is 16.3. The average molecular weight is 368 g/mol. The highest BCUT2D eigenvalue weighted by Gasteiger charge is 2.42. The number of rotatable bonds is 8. The summed E-state index contributed by atoms with van der Waals surface area (Å²) >= 11 is 0. The predicted molar refractivity (Wildman–Crippen MR) is 107 cm³/mol. The van der Waals surface area contributed by atoms with Gasteiger partial charge in [-0.05, 0) is 44.5 Å². The highest BCUT2D eigenvalue weighted by atomic mass is 16.5. The van der Waals surface area contributed by atoms with Crippen molar-refractivity contribution in [3.8, 4) is 5.75 Å². The summed E-state index contributed by atoms with van der Waals surface area (Å²) in [7, 11) is 0. The lowest BCUT2D eigenvalue weighted by Gasteiger charge is -2.46. The molecule has 1 unspecified atom stereocenters. The van der Waals surface area contributed by atoms with Crippen molar-refractivity contribution in [2.24, 2.45) is 0 Å². The zero-order valence-electron chi connectivity index (χ0n) is 16.3. The second-order valence-electron chi connectivity index (χ2n) is 6.77. The molecule has 0 bridgehead atoms. The fourth-order valence-corrected chi connectivity index (χ4v) is 3.49. The number of benzene rings is 2. The van der Waals surface area contributed by atoms with Crippen LogP contribution in [-0.4, -0.2) is 37.2 Å². The van der Waals surface area contributed by atoms with Gasteiger partial charge in [-0.1, -0.05) is 31.2 Å². The summed E-state index contributed by atoms with van der Waals surface area (Å²) < 4.78 is 11.2. The minimum atomic E-state index is -0.638. The third-order valence-corrected chi connectivity index (χ3v) is 4.86. The molecular formula is C22H28N2O3. The number of carbonyl (C=O) groups excluding carboxylic acids is 1. The van der Waals surface area contributed by atoms with Gasteiger partial charge in [-0.25, -0.2) is 0 Å². The van der Waals surface area contributed by atoms with Gasteiger partial charge in [-0.3, -0.25) is 4.79 Å². The van der Waals surface area contributed by atoms with Crippen molar-refractivity contribution in [2.75, 3.05) is 31.7 Å². The molecule has 5 heteroatoms. The lowest BCUT2D eigenvalue weighted by Crippen LogP contribution is -2.56. The Balaban J connectivity index is 1.92. The largest absolute Gasteiger partial charge is 0.491 e. The van der Waals surface area contributed by atoms with Crippen LogP contribution in [0, 0.1) is 0 Å². The Labute approximate surface area is 161 Å². The lowest BCUT2D eigenvalue weighted by molar-refractivity contribution is 0.0534. The van der Waals surface area contributed by atoms with Gasteiger partial charge in [0.25, 0.3) is 5.91 Å². The molecule has 3 rings (SSSR count). The van der Waals surface area contributed by atoms with Gasteiger partial charge in [0.15, 0.2) is 0 Å². The Kier molecular flexibility index (Phi) is 6.01. The van der Waals surface area contributed by atoms with Crippen LogP contribution in [-0.2, 0) is 10.4 Å². The van der Waals surface area contributed by atoms with Gasteiger partial charge < -0.3 is 19.7 Å². The minimum Gasteiger partial charge on any atom is -0.491 e. The number of nitrogens with zero attached hydrogens (tertiary/aromatic N) is 1. The van der Waals surface area contributed by atoms with Crippen molar-refractivity contribution < 1.29 is 14.3 Å². The van der Waals surface area contributed by atoms with Gasteiger partial charge in [0.1, 0.15) is 18.0 Å². The molecule has 0 saturated carbocycles. The first-order valence-electron chi connectivity index (χ1n) is 9.60. The van der Waals surface area contributed by atoms with Crippen molar-refractivity contribution in [2.45, 2.75) is 32.9 Å². The fraction of sp³-hybridized carbons (Fsp3) is 0.409. The molecule has 0 spiro atoms. The number of anilines is 1. The van der Waals surface area contributed by atoms with E-state index in [1.807, 2.05) is 60.4 Å². The van der Waals surface area contributed by atoms with E-state index in [0.29, 0.717) is 31.9 Å². The maximum atomic E-state index is 13.2. The normalized spacial score (nSPS) is 18.8. The van der Waals surface area contributed by atoms with E-state index < -0.39 is 5.66 Å². The third-order valence-electron chi connectivity index (χ3n) is 4.86. The standard InChI is InChI=1S/C22H28N2O3/c1-4-13-24-21(25)19-11-6-7-12-20(19)23-22(24,3)17-9-8-10-18(16-17)27-15-14-26-5-2/h6-12,16,23H,4-5,13-15H2,1-3H3. The van der Waals surface area contributed by atoms with Crippen LogP contribution in [0.4, 0.5) is 5.69 Å². The minimum absolute atomic E-state index is 0.0522. The molecule has 1 heterocycles. The van der Waals surface area contributed by atoms with Crippen LogP contribution >= 0.6 is 0 Å². The van der Waals surface area contributed by atoms with Crippen LogP contribution < -0.4 is 10.1 Å². The van der Waals surface area contributed by atoms with Crippen LogP contribution in [0.3, 0.4) is 0 Å². The van der Waals surface area contributed by atoms with Crippen molar-refractivity contribution in [1.29, 1.82) is 0 Å². The van der Waals surface area contributed by atoms with Crippen molar-refractivity contribution in [3.63, 3.8) is 0 Å². The molecule has 0 aromatic heterocycles. The van der Waals surface area contributed by atoms with Crippen LogP contribution in [0.1, 0.15) is 43.1 Å². The van der Waals surface area contributed by atoms with E-state index >= 15 is 0 Å². The third kappa shape index (κ3) is 3.93. The molecule has 1 aliphatic rings. The van der Waals surface area contributed by atoms with Gasteiger partial charge >= 0.3 is 0 Å². The molecular weight excluding hydrogens is 340 g/mol. The van der Waals surface area contributed by atoms with Crippen LogP contribution in [0.25, 0.3) is 0 Å². The molecule has 2 aromatic carbocycles.